The zero-order valence-electron chi connectivity index (χ0n) is 11.6. The third-order valence-corrected chi connectivity index (χ3v) is 4.16. The number of carbonyl (C=O) groups excluding carboxylic acids is 1. The fourth-order valence-electron chi connectivity index (χ4n) is 2.99. The van der Waals surface area contributed by atoms with Gasteiger partial charge in [0.05, 0.1) is 0 Å². The summed E-state index contributed by atoms with van der Waals surface area (Å²) in [4.78, 5) is 12.6. The van der Waals surface area contributed by atoms with E-state index in [2.05, 4.69) is 0 Å². The highest BCUT2D eigenvalue weighted by molar-refractivity contribution is 6.02. The minimum absolute atomic E-state index is 0.184. The summed E-state index contributed by atoms with van der Waals surface area (Å²) in [6.45, 7) is 1.03. The maximum Gasteiger partial charge on any atom is 0.194 e. The van der Waals surface area contributed by atoms with Crippen molar-refractivity contribution in [2.45, 2.75) is 44.1 Å². The Morgan fingerprint density at radius 1 is 1.00 bits per heavy atom. The van der Waals surface area contributed by atoms with Crippen molar-refractivity contribution in [2.24, 2.45) is 0 Å². The second-order valence-corrected chi connectivity index (χ2v) is 5.63. The van der Waals surface area contributed by atoms with Crippen LogP contribution in [-0.4, -0.2) is 29.7 Å². The molecule has 3 rings (SSSR count). The Hall–Kier alpha value is -1.55. The van der Waals surface area contributed by atoms with Crippen LogP contribution in [-0.2, 0) is 0 Å². The second-order valence-electron chi connectivity index (χ2n) is 5.63. The highest BCUT2D eigenvalue weighted by Crippen LogP contribution is 2.34. The van der Waals surface area contributed by atoms with E-state index in [1.807, 2.05) is 0 Å². The van der Waals surface area contributed by atoms with E-state index in [-0.39, 0.29) is 5.78 Å². The Morgan fingerprint density at radius 2 is 1.65 bits per heavy atom. The molecule has 1 fully saturated rings. The van der Waals surface area contributed by atoms with E-state index >= 15 is 0 Å². The van der Waals surface area contributed by atoms with Gasteiger partial charge in [0.25, 0.3) is 0 Å². The van der Waals surface area contributed by atoms with Gasteiger partial charge in [-0.2, -0.15) is 0 Å². The Balaban J connectivity index is 1.86. The standard InChI is InChI=1S/C16H20O4/c17-15(16(18)7-3-1-2-4-8-16)12-5-6-13-14(11-12)20-10-9-19-13/h5-6,11,18H,1-4,7-10H2. The molecule has 4 heteroatoms. The van der Waals surface area contributed by atoms with Gasteiger partial charge in [0.1, 0.15) is 18.8 Å². The lowest BCUT2D eigenvalue weighted by molar-refractivity contribution is 0.0237. The normalized spacial score (nSPS) is 21.1. The first-order chi connectivity index (χ1) is 9.69. The number of hydrogen-bond acceptors (Lipinski definition) is 4. The molecule has 4 nitrogen and oxygen atoms in total. The molecule has 0 unspecified atom stereocenters. The average molecular weight is 276 g/mol. The van der Waals surface area contributed by atoms with Gasteiger partial charge in [-0.05, 0) is 31.0 Å². The molecule has 108 valence electrons. The number of ketones is 1. The summed E-state index contributed by atoms with van der Waals surface area (Å²) in [7, 11) is 0. The van der Waals surface area contributed by atoms with Crippen LogP contribution in [0.1, 0.15) is 48.9 Å². The molecule has 0 aromatic heterocycles. The van der Waals surface area contributed by atoms with Crippen LogP contribution in [0.15, 0.2) is 18.2 Å². The van der Waals surface area contributed by atoms with Crippen LogP contribution in [0.3, 0.4) is 0 Å². The van der Waals surface area contributed by atoms with Crippen LogP contribution in [0.5, 0.6) is 11.5 Å². The smallest absolute Gasteiger partial charge is 0.194 e. The van der Waals surface area contributed by atoms with Gasteiger partial charge in [-0.15, -0.1) is 0 Å². The van der Waals surface area contributed by atoms with Crippen LogP contribution < -0.4 is 9.47 Å². The van der Waals surface area contributed by atoms with E-state index in [4.69, 9.17) is 9.47 Å². The first-order valence-electron chi connectivity index (χ1n) is 7.36. The van der Waals surface area contributed by atoms with E-state index in [0.717, 1.165) is 25.7 Å². The molecule has 1 aromatic rings. The highest BCUT2D eigenvalue weighted by Gasteiger charge is 2.37. The van der Waals surface area contributed by atoms with Crippen LogP contribution in [0, 0.1) is 0 Å². The summed E-state index contributed by atoms with van der Waals surface area (Å²) in [5.74, 6) is 1.08. The van der Waals surface area contributed by atoms with E-state index in [0.29, 0.717) is 43.1 Å². The van der Waals surface area contributed by atoms with Crippen LogP contribution in [0.2, 0.25) is 0 Å². The number of Topliss-reactive ketones (excluding diaryl/α,β-unsaturated/α-hetero) is 1. The van der Waals surface area contributed by atoms with Crippen molar-refractivity contribution in [3.05, 3.63) is 23.8 Å². The fourth-order valence-corrected chi connectivity index (χ4v) is 2.99. The topological polar surface area (TPSA) is 55.8 Å². The molecule has 1 aliphatic heterocycles. The van der Waals surface area contributed by atoms with Gasteiger partial charge < -0.3 is 14.6 Å². The molecule has 0 amide bonds. The molecule has 0 saturated heterocycles. The summed E-state index contributed by atoms with van der Waals surface area (Å²) in [5, 5.41) is 10.7. The molecule has 1 heterocycles. The molecular weight excluding hydrogens is 256 g/mol. The first-order valence-corrected chi connectivity index (χ1v) is 7.36. The van der Waals surface area contributed by atoms with E-state index in [1.54, 1.807) is 18.2 Å². The number of rotatable bonds is 2. The van der Waals surface area contributed by atoms with Crippen molar-refractivity contribution in [1.82, 2.24) is 0 Å². The maximum atomic E-state index is 12.6. The summed E-state index contributed by atoms with van der Waals surface area (Å²) in [5.41, 5.74) is -0.695. The Kier molecular flexibility index (Phi) is 3.66. The molecule has 0 bridgehead atoms. The lowest BCUT2D eigenvalue weighted by Crippen LogP contribution is -2.38. The summed E-state index contributed by atoms with van der Waals surface area (Å²) in [6.07, 6.45) is 5.12. The van der Waals surface area contributed by atoms with Crippen molar-refractivity contribution in [3.8, 4) is 11.5 Å². The molecule has 1 aromatic carbocycles. The molecule has 2 aliphatic rings. The summed E-state index contributed by atoms with van der Waals surface area (Å²) >= 11 is 0. The SMILES string of the molecule is O=C(c1ccc2c(c1)OCCO2)C1(O)CCCCCC1. The molecule has 0 radical (unpaired) electrons. The molecule has 1 saturated carbocycles. The monoisotopic (exact) mass is 276 g/mol. The Labute approximate surface area is 118 Å². The summed E-state index contributed by atoms with van der Waals surface area (Å²) in [6, 6.07) is 5.17. The second kappa shape index (κ2) is 5.44. The zero-order chi connectivity index (χ0) is 14.0. The van der Waals surface area contributed by atoms with E-state index in [9.17, 15) is 9.90 Å². The number of aliphatic hydroxyl groups is 1. The molecule has 1 N–H and O–H groups in total. The zero-order valence-corrected chi connectivity index (χ0v) is 11.6. The van der Waals surface area contributed by atoms with Gasteiger partial charge in [0.15, 0.2) is 17.3 Å². The number of ether oxygens (including phenoxy) is 2. The Bertz CT molecular complexity index is 501. The van der Waals surface area contributed by atoms with Crippen molar-refractivity contribution in [1.29, 1.82) is 0 Å². The fraction of sp³-hybridized carbons (Fsp3) is 0.562. The number of fused-ring (bicyclic) bond motifs is 1. The minimum Gasteiger partial charge on any atom is -0.486 e. The Morgan fingerprint density at radius 3 is 2.35 bits per heavy atom. The summed E-state index contributed by atoms with van der Waals surface area (Å²) < 4.78 is 11.0. The van der Waals surface area contributed by atoms with Gasteiger partial charge in [0, 0.05) is 5.56 Å². The molecule has 1 aliphatic carbocycles. The predicted molar refractivity (Wildman–Crippen MR) is 74.4 cm³/mol. The number of benzene rings is 1. The first kappa shape index (κ1) is 13.4. The molecule has 20 heavy (non-hydrogen) atoms. The molecular formula is C16H20O4. The van der Waals surface area contributed by atoms with Gasteiger partial charge in [0.2, 0.25) is 0 Å². The van der Waals surface area contributed by atoms with Gasteiger partial charge >= 0.3 is 0 Å². The predicted octanol–water partition coefficient (Wildman–Crippen LogP) is 2.73. The van der Waals surface area contributed by atoms with Gasteiger partial charge in [-0.25, -0.2) is 0 Å². The third-order valence-electron chi connectivity index (χ3n) is 4.16. The minimum atomic E-state index is -1.21. The number of hydrogen-bond donors (Lipinski definition) is 1. The van der Waals surface area contributed by atoms with E-state index < -0.39 is 5.60 Å². The van der Waals surface area contributed by atoms with Gasteiger partial charge in [-0.3, -0.25) is 4.79 Å². The highest BCUT2D eigenvalue weighted by atomic mass is 16.6. The quantitative estimate of drug-likeness (QED) is 0.666. The lowest BCUT2D eigenvalue weighted by Gasteiger charge is -2.26. The lowest BCUT2D eigenvalue weighted by atomic mass is 9.86. The van der Waals surface area contributed by atoms with Crippen LogP contribution >= 0.6 is 0 Å². The van der Waals surface area contributed by atoms with E-state index in [1.165, 1.54) is 0 Å². The largest absolute Gasteiger partial charge is 0.486 e. The third kappa shape index (κ3) is 2.52. The van der Waals surface area contributed by atoms with Crippen molar-refractivity contribution in [2.75, 3.05) is 13.2 Å². The van der Waals surface area contributed by atoms with Crippen molar-refractivity contribution >= 4 is 5.78 Å². The van der Waals surface area contributed by atoms with Crippen molar-refractivity contribution < 1.29 is 19.4 Å². The maximum absolute atomic E-state index is 12.6. The molecule has 0 spiro atoms. The van der Waals surface area contributed by atoms with Crippen LogP contribution in [0.4, 0.5) is 0 Å². The van der Waals surface area contributed by atoms with Gasteiger partial charge in [-0.1, -0.05) is 25.7 Å². The average Bonchev–Trinajstić information content (AvgIpc) is 2.72. The molecule has 0 atom stereocenters. The number of carbonyl (C=O) groups is 1. The van der Waals surface area contributed by atoms with Crippen LogP contribution in [0.25, 0.3) is 0 Å². The van der Waals surface area contributed by atoms with Crippen molar-refractivity contribution in [3.63, 3.8) is 0 Å².